The molecular weight excluding hydrogens is 318 g/mol. The summed E-state index contributed by atoms with van der Waals surface area (Å²) in [7, 11) is 0. The molecule has 0 radical (unpaired) electrons. The van der Waals surface area contributed by atoms with Crippen LogP contribution in [0.4, 0.5) is 0 Å². The minimum absolute atomic E-state index is 0.250. The molecule has 0 amide bonds. The van der Waals surface area contributed by atoms with Crippen molar-refractivity contribution in [3.8, 4) is 10.6 Å². The van der Waals surface area contributed by atoms with E-state index in [1.165, 1.54) is 47.5 Å². The second-order valence-electron chi connectivity index (χ2n) is 7.67. The average Bonchev–Trinajstić information content (AvgIpc) is 2.91. The normalized spacial score (nSPS) is 14.3. The van der Waals surface area contributed by atoms with E-state index in [2.05, 4.69) is 50.4 Å². The Morgan fingerprint density at radius 2 is 1.96 bits per heavy atom. The SMILES string of the molecule is CC(C)(C)Cc1cccc(-c2nc(CC3CCC3)cs2)c1.O=C=O. The Morgan fingerprint density at radius 1 is 1.25 bits per heavy atom. The van der Waals surface area contributed by atoms with Gasteiger partial charge in [0, 0.05) is 10.9 Å². The van der Waals surface area contributed by atoms with E-state index in [0.29, 0.717) is 5.41 Å². The summed E-state index contributed by atoms with van der Waals surface area (Å²) >= 11 is 1.79. The number of hydrogen-bond acceptors (Lipinski definition) is 4. The smallest absolute Gasteiger partial charge is 0.241 e. The summed E-state index contributed by atoms with van der Waals surface area (Å²) in [4.78, 5) is 21.1. The van der Waals surface area contributed by atoms with Crippen LogP contribution in [-0.2, 0) is 22.4 Å². The van der Waals surface area contributed by atoms with E-state index in [4.69, 9.17) is 14.6 Å². The molecule has 1 aliphatic carbocycles. The van der Waals surface area contributed by atoms with Crippen LogP contribution in [0.1, 0.15) is 51.3 Å². The molecule has 0 spiro atoms. The maximum Gasteiger partial charge on any atom is 0.373 e. The lowest BCUT2D eigenvalue weighted by Gasteiger charge is -2.24. The van der Waals surface area contributed by atoms with Gasteiger partial charge < -0.3 is 0 Å². The minimum Gasteiger partial charge on any atom is -0.241 e. The highest BCUT2D eigenvalue weighted by atomic mass is 32.1. The summed E-state index contributed by atoms with van der Waals surface area (Å²) < 4.78 is 0. The van der Waals surface area contributed by atoms with Gasteiger partial charge in [-0.2, -0.15) is 9.59 Å². The molecule has 1 fully saturated rings. The summed E-state index contributed by atoms with van der Waals surface area (Å²) in [6.07, 6.45) is 6.75. The number of hydrogen-bond donors (Lipinski definition) is 0. The Labute approximate surface area is 148 Å². The topological polar surface area (TPSA) is 47.0 Å². The van der Waals surface area contributed by atoms with Crippen molar-refractivity contribution in [1.29, 1.82) is 0 Å². The molecule has 2 aromatic rings. The van der Waals surface area contributed by atoms with E-state index in [1.807, 2.05) is 0 Å². The third kappa shape index (κ3) is 5.70. The van der Waals surface area contributed by atoms with Crippen molar-refractivity contribution in [2.45, 2.75) is 52.9 Å². The van der Waals surface area contributed by atoms with E-state index in [9.17, 15) is 0 Å². The Morgan fingerprint density at radius 3 is 2.54 bits per heavy atom. The molecular formula is C20H25NO2S. The fourth-order valence-corrected chi connectivity index (χ4v) is 3.78. The molecule has 24 heavy (non-hydrogen) atoms. The molecule has 128 valence electrons. The van der Waals surface area contributed by atoms with Crippen LogP contribution in [0.5, 0.6) is 0 Å². The molecule has 0 aliphatic heterocycles. The van der Waals surface area contributed by atoms with Gasteiger partial charge in [0.15, 0.2) is 0 Å². The van der Waals surface area contributed by atoms with Crippen molar-refractivity contribution in [2.75, 3.05) is 0 Å². The minimum atomic E-state index is 0.250. The molecule has 1 aliphatic rings. The molecule has 4 heteroatoms. The Bertz CT molecular complexity index is 690. The van der Waals surface area contributed by atoms with Crippen molar-refractivity contribution in [2.24, 2.45) is 11.3 Å². The number of carbonyl (C=O) groups excluding carboxylic acids is 2. The predicted octanol–water partition coefficient (Wildman–Crippen LogP) is 5.16. The highest BCUT2D eigenvalue weighted by molar-refractivity contribution is 7.13. The fraction of sp³-hybridized carbons (Fsp3) is 0.500. The van der Waals surface area contributed by atoms with Gasteiger partial charge in [0.05, 0.1) is 5.69 Å². The van der Waals surface area contributed by atoms with E-state index in [-0.39, 0.29) is 6.15 Å². The van der Waals surface area contributed by atoms with Gasteiger partial charge in [-0.05, 0) is 35.8 Å². The van der Waals surface area contributed by atoms with Crippen LogP contribution in [-0.4, -0.2) is 11.1 Å². The van der Waals surface area contributed by atoms with Crippen LogP contribution in [0, 0.1) is 11.3 Å². The molecule has 0 unspecified atom stereocenters. The quantitative estimate of drug-likeness (QED) is 0.770. The lowest BCUT2D eigenvalue weighted by Crippen LogP contribution is -2.13. The maximum absolute atomic E-state index is 8.12. The number of thiazole rings is 1. The summed E-state index contributed by atoms with van der Waals surface area (Å²) in [6.45, 7) is 6.87. The third-order valence-corrected chi connectivity index (χ3v) is 5.12. The van der Waals surface area contributed by atoms with Gasteiger partial charge in [-0.3, -0.25) is 0 Å². The molecule has 3 rings (SSSR count). The molecule has 0 saturated heterocycles. The van der Waals surface area contributed by atoms with Crippen LogP contribution in [0.2, 0.25) is 0 Å². The molecule has 1 saturated carbocycles. The molecule has 1 aromatic carbocycles. The first kappa shape index (κ1) is 18.6. The molecule has 0 atom stereocenters. The summed E-state index contributed by atoms with van der Waals surface area (Å²) in [5.41, 5.74) is 4.31. The van der Waals surface area contributed by atoms with Gasteiger partial charge >= 0.3 is 6.15 Å². The first-order chi connectivity index (χ1) is 11.4. The fourth-order valence-electron chi connectivity index (χ4n) is 2.95. The number of rotatable bonds is 4. The van der Waals surface area contributed by atoms with Crippen LogP contribution in [0.3, 0.4) is 0 Å². The number of aromatic nitrogens is 1. The predicted molar refractivity (Wildman–Crippen MR) is 96.8 cm³/mol. The zero-order valence-electron chi connectivity index (χ0n) is 14.7. The van der Waals surface area contributed by atoms with Crippen LogP contribution < -0.4 is 0 Å². The van der Waals surface area contributed by atoms with Crippen molar-refractivity contribution in [3.63, 3.8) is 0 Å². The average molecular weight is 343 g/mol. The maximum atomic E-state index is 8.12. The van der Waals surface area contributed by atoms with Crippen molar-refractivity contribution < 1.29 is 9.59 Å². The Kier molecular flexibility index (Phi) is 6.47. The van der Waals surface area contributed by atoms with E-state index in [1.54, 1.807) is 11.3 Å². The van der Waals surface area contributed by atoms with E-state index >= 15 is 0 Å². The van der Waals surface area contributed by atoms with Gasteiger partial charge in [-0.15, -0.1) is 11.3 Å². The Balaban J connectivity index is 0.000000647. The van der Waals surface area contributed by atoms with Gasteiger partial charge in [-0.1, -0.05) is 58.2 Å². The van der Waals surface area contributed by atoms with Gasteiger partial charge in [0.2, 0.25) is 0 Å². The van der Waals surface area contributed by atoms with Crippen LogP contribution in [0.15, 0.2) is 29.6 Å². The lowest BCUT2D eigenvalue weighted by atomic mass is 9.82. The number of nitrogens with zero attached hydrogens (tertiary/aromatic N) is 1. The lowest BCUT2D eigenvalue weighted by molar-refractivity contribution is -0.191. The van der Waals surface area contributed by atoms with Gasteiger partial charge in [-0.25, -0.2) is 4.98 Å². The number of benzene rings is 1. The summed E-state index contributed by atoms with van der Waals surface area (Å²) in [5.74, 6) is 0.896. The molecule has 0 bridgehead atoms. The second-order valence-corrected chi connectivity index (χ2v) is 8.52. The van der Waals surface area contributed by atoms with E-state index < -0.39 is 0 Å². The van der Waals surface area contributed by atoms with Gasteiger partial charge in [0.25, 0.3) is 0 Å². The van der Waals surface area contributed by atoms with Crippen LogP contribution in [0.25, 0.3) is 10.6 Å². The highest BCUT2D eigenvalue weighted by Crippen LogP contribution is 2.32. The molecule has 3 nitrogen and oxygen atoms in total. The first-order valence-electron chi connectivity index (χ1n) is 8.44. The summed E-state index contributed by atoms with van der Waals surface area (Å²) in [6, 6.07) is 8.91. The first-order valence-corrected chi connectivity index (χ1v) is 9.32. The van der Waals surface area contributed by atoms with Crippen molar-refractivity contribution in [1.82, 2.24) is 4.98 Å². The molecule has 0 N–H and O–H groups in total. The van der Waals surface area contributed by atoms with E-state index in [0.717, 1.165) is 12.3 Å². The van der Waals surface area contributed by atoms with Crippen LogP contribution >= 0.6 is 11.3 Å². The second kappa shape index (κ2) is 8.36. The van der Waals surface area contributed by atoms with Crippen molar-refractivity contribution in [3.05, 3.63) is 40.9 Å². The Hall–Kier alpha value is -1.77. The standard InChI is InChI=1S/C19H25NS.CO2/c1-19(2,3)12-15-8-5-9-16(10-15)18-20-17(13-21-18)11-14-6-4-7-14;2-1-3/h5,8-10,13-14H,4,6-7,11-12H2,1-3H3;. The van der Waals surface area contributed by atoms with Crippen molar-refractivity contribution >= 4 is 17.5 Å². The largest absolute Gasteiger partial charge is 0.373 e. The molecule has 1 heterocycles. The van der Waals surface area contributed by atoms with Gasteiger partial charge in [0.1, 0.15) is 5.01 Å². The summed E-state index contributed by atoms with van der Waals surface area (Å²) in [5, 5.41) is 3.43. The molecule has 1 aromatic heterocycles. The zero-order chi connectivity index (χ0) is 17.6. The highest BCUT2D eigenvalue weighted by Gasteiger charge is 2.19. The monoisotopic (exact) mass is 343 g/mol. The third-order valence-electron chi connectivity index (χ3n) is 4.18. The zero-order valence-corrected chi connectivity index (χ0v) is 15.5.